The van der Waals surface area contributed by atoms with Crippen LogP contribution in [0.4, 0.5) is 0 Å². The van der Waals surface area contributed by atoms with Crippen LogP contribution in [0.3, 0.4) is 0 Å². The van der Waals surface area contributed by atoms with Crippen LogP contribution in [0.15, 0.2) is 59.6 Å². The average Bonchev–Trinajstić information content (AvgIpc) is 2.85. The first-order valence-corrected chi connectivity index (χ1v) is 8.02. The average molecular weight is 281 g/mol. The van der Waals surface area contributed by atoms with Gasteiger partial charge in [-0.05, 0) is 25.5 Å². The van der Waals surface area contributed by atoms with Gasteiger partial charge in [0.05, 0.1) is 0 Å². The van der Waals surface area contributed by atoms with E-state index in [-0.39, 0.29) is 0 Å². The van der Waals surface area contributed by atoms with Crippen molar-refractivity contribution in [3.8, 4) is 0 Å². The molecule has 0 atom stereocenters. The highest BCUT2D eigenvalue weighted by molar-refractivity contribution is 7.98. The summed E-state index contributed by atoms with van der Waals surface area (Å²) in [6.45, 7) is 5.35. The molecule has 0 N–H and O–H groups in total. The predicted molar refractivity (Wildman–Crippen MR) is 88.4 cm³/mol. The van der Waals surface area contributed by atoms with Crippen molar-refractivity contribution < 1.29 is 0 Å². The first-order valence-electron chi connectivity index (χ1n) is 7.04. The molecule has 0 spiro atoms. The van der Waals surface area contributed by atoms with Crippen LogP contribution in [0.1, 0.15) is 18.1 Å². The lowest BCUT2D eigenvalue weighted by Gasteiger charge is -2.01. The fourth-order valence-corrected chi connectivity index (χ4v) is 3.48. The Kier molecular flexibility index (Phi) is 3.83. The van der Waals surface area contributed by atoms with Gasteiger partial charge in [0.25, 0.3) is 0 Å². The van der Waals surface area contributed by atoms with Crippen LogP contribution < -0.4 is 0 Å². The lowest BCUT2D eigenvalue weighted by molar-refractivity contribution is 0.792. The molecule has 0 aliphatic carbocycles. The van der Waals surface area contributed by atoms with Crippen molar-refractivity contribution in [1.29, 1.82) is 0 Å². The molecule has 0 amide bonds. The van der Waals surface area contributed by atoms with Gasteiger partial charge in [-0.3, -0.25) is 0 Å². The van der Waals surface area contributed by atoms with Gasteiger partial charge in [0.1, 0.15) is 0 Å². The Labute approximate surface area is 124 Å². The molecular formula is C18H19NS. The smallest absolute Gasteiger partial charge is 0.0491 e. The molecule has 20 heavy (non-hydrogen) atoms. The normalized spacial score (nSPS) is 11.1. The number of aryl methyl sites for hydroxylation is 2. The second-order valence-corrected chi connectivity index (χ2v) is 6.09. The number of para-hydroxylation sites is 1. The van der Waals surface area contributed by atoms with Gasteiger partial charge >= 0.3 is 0 Å². The number of fused-ring (bicyclic) bond motifs is 1. The third-order valence-electron chi connectivity index (χ3n) is 3.61. The van der Waals surface area contributed by atoms with Gasteiger partial charge in [-0.2, -0.15) is 0 Å². The van der Waals surface area contributed by atoms with Gasteiger partial charge in [0.2, 0.25) is 0 Å². The zero-order chi connectivity index (χ0) is 13.9. The highest BCUT2D eigenvalue weighted by atomic mass is 32.2. The van der Waals surface area contributed by atoms with Crippen molar-refractivity contribution in [2.75, 3.05) is 0 Å². The zero-order valence-corrected chi connectivity index (χ0v) is 12.8. The van der Waals surface area contributed by atoms with E-state index in [0.717, 1.165) is 12.3 Å². The quantitative estimate of drug-likeness (QED) is 0.590. The Balaban J connectivity index is 1.85. The van der Waals surface area contributed by atoms with E-state index in [4.69, 9.17) is 0 Å². The summed E-state index contributed by atoms with van der Waals surface area (Å²) in [5.41, 5.74) is 4.04. The van der Waals surface area contributed by atoms with E-state index in [9.17, 15) is 0 Å². The fraction of sp³-hybridized carbons (Fsp3) is 0.222. The molecule has 0 saturated carbocycles. The van der Waals surface area contributed by atoms with Crippen molar-refractivity contribution in [3.63, 3.8) is 0 Å². The molecule has 1 aromatic heterocycles. The second-order valence-electron chi connectivity index (χ2n) is 5.07. The molecule has 0 radical (unpaired) electrons. The van der Waals surface area contributed by atoms with Crippen LogP contribution in [0, 0.1) is 6.92 Å². The first kappa shape index (κ1) is 13.3. The topological polar surface area (TPSA) is 4.93 Å². The van der Waals surface area contributed by atoms with E-state index in [1.54, 1.807) is 0 Å². The van der Waals surface area contributed by atoms with Gasteiger partial charge in [-0.25, -0.2) is 0 Å². The maximum atomic E-state index is 2.33. The molecule has 1 nitrogen and oxygen atoms in total. The van der Waals surface area contributed by atoms with Crippen molar-refractivity contribution in [2.45, 2.75) is 31.0 Å². The molecule has 2 heteroatoms. The highest BCUT2D eigenvalue weighted by Crippen LogP contribution is 2.32. The molecule has 0 saturated heterocycles. The molecule has 0 aliphatic rings. The van der Waals surface area contributed by atoms with E-state index < -0.39 is 0 Å². The van der Waals surface area contributed by atoms with Gasteiger partial charge in [-0.1, -0.05) is 48.0 Å². The molecule has 2 aromatic carbocycles. The van der Waals surface area contributed by atoms with E-state index in [1.807, 2.05) is 11.8 Å². The van der Waals surface area contributed by atoms with Gasteiger partial charge in [0, 0.05) is 34.3 Å². The molecule has 0 unspecified atom stereocenters. The molecule has 0 fully saturated rings. The minimum Gasteiger partial charge on any atom is -0.347 e. The minimum atomic E-state index is 1.02. The fourth-order valence-electron chi connectivity index (χ4n) is 2.44. The van der Waals surface area contributed by atoms with Crippen LogP contribution in [0.5, 0.6) is 0 Å². The number of nitrogens with zero attached hydrogens (tertiary/aromatic N) is 1. The summed E-state index contributed by atoms with van der Waals surface area (Å²) in [6.07, 6.45) is 2.28. The summed E-state index contributed by atoms with van der Waals surface area (Å²) in [4.78, 5) is 1.38. The minimum absolute atomic E-state index is 1.02. The first-order chi connectivity index (χ1) is 9.78. The summed E-state index contributed by atoms with van der Waals surface area (Å²) in [6, 6.07) is 17.5. The Morgan fingerprint density at radius 3 is 2.50 bits per heavy atom. The summed E-state index contributed by atoms with van der Waals surface area (Å²) in [5, 5.41) is 1.37. The molecule has 1 heterocycles. The third kappa shape index (κ3) is 2.61. The largest absolute Gasteiger partial charge is 0.347 e. The van der Waals surface area contributed by atoms with Crippen LogP contribution in [-0.4, -0.2) is 4.57 Å². The Hall–Kier alpha value is -1.67. The monoisotopic (exact) mass is 281 g/mol. The van der Waals surface area contributed by atoms with Crippen LogP contribution in [0.25, 0.3) is 10.9 Å². The predicted octanol–water partition coefficient (Wildman–Crippen LogP) is 5.26. The summed E-state index contributed by atoms with van der Waals surface area (Å²) >= 11 is 1.92. The number of hydrogen-bond donors (Lipinski definition) is 0. The van der Waals surface area contributed by atoms with E-state index in [1.165, 1.54) is 26.9 Å². The number of hydrogen-bond acceptors (Lipinski definition) is 1. The Bertz CT molecular complexity index is 710. The number of thioether (sulfide) groups is 1. The lowest BCUT2D eigenvalue weighted by atomic mass is 10.2. The van der Waals surface area contributed by atoms with E-state index in [2.05, 4.69) is 73.1 Å². The van der Waals surface area contributed by atoms with Crippen LogP contribution in [0.2, 0.25) is 0 Å². The molecule has 102 valence electrons. The second kappa shape index (κ2) is 5.76. The number of rotatable bonds is 4. The third-order valence-corrected chi connectivity index (χ3v) is 4.72. The zero-order valence-electron chi connectivity index (χ0n) is 12.0. The standard InChI is InChI=1S/C18H19NS/c1-3-19-12-18(16-6-4-5-7-17(16)19)20-13-15-10-8-14(2)9-11-15/h4-12H,3,13H2,1-2H3. The van der Waals surface area contributed by atoms with Gasteiger partial charge in [-0.15, -0.1) is 11.8 Å². The SMILES string of the molecule is CCn1cc(SCc2ccc(C)cc2)c2ccccc21. The summed E-state index contributed by atoms with van der Waals surface area (Å²) in [5.74, 6) is 1.03. The number of benzene rings is 2. The number of aromatic nitrogens is 1. The lowest BCUT2D eigenvalue weighted by Crippen LogP contribution is -1.89. The molecular weight excluding hydrogens is 262 g/mol. The Morgan fingerprint density at radius 1 is 1.00 bits per heavy atom. The van der Waals surface area contributed by atoms with E-state index >= 15 is 0 Å². The summed E-state index contributed by atoms with van der Waals surface area (Å²) < 4.78 is 2.33. The van der Waals surface area contributed by atoms with Crippen LogP contribution >= 0.6 is 11.8 Å². The molecule has 0 aliphatic heterocycles. The van der Waals surface area contributed by atoms with Gasteiger partial charge < -0.3 is 4.57 Å². The van der Waals surface area contributed by atoms with Crippen molar-refractivity contribution in [3.05, 3.63) is 65.9 Å². The maximum Gasteiger partial charge on any atom is 0.0491 e. The molecule has 3 aromatic rings. The Morgan fingerprint density at radius 2 is 1.75 bits per heavy atom. The van der Waals surface area contributed by atoms with Crippen LogP contribution in [-0.2, 0) is 12.3 Å². The van der Waals surface area contributed by atoms with E-state index in [0.29, 0.717) is 0 Å². The summed E-state index contributed by atoms with van der Waals surface area (Å²) in [7, 11) is 0. The van der Waals surface area contributed by atoms with Gasteiger partial charge in [0.15, 0.2) is 0 Å². The molecule has 3 rings (SSSR count). The van der Waals surface area contributed by atoms with Crippen molar-refractivity contribution in [2.24, 2.45) is 0 Å². The van der Waals surface area contributed by atoms with Crippen molar-refractivity contribution >= 4 is 22.7 Å². The highest BCUT2D eigenvalue weighted by Gasteiger charge is 2.07. The van der Waals surface area contributed by atoms with Crippen molar-refractivity contribution in [1.82, 2.24) is 4.57 Å². The maximum absolute atomic E-state index is 2.33. The molecule has 0 bridgehead atoms.